The van der Waals surface area contributed by atoms with Crippen LogP contribution in [0.15, 0.2) is 0 Å². The van der Waals surface area contributed by atoms with Crippen molar-refractivity contribution in [2.75, 3.05) is 18.8 Å². The summed E-state index contributed by atoms with van der Waals surface area (Å²) in [7, 11) is 0. The van der Waals surface area contributed by atoms with Crippen LogP contribution in [-0.4, -0.2) is 39.3 Å². The highest BCUT2D eigenvalue weighted by Gasteiger charge is 2.19. The molecule has 0 aromatic heterocycles. The highest BCUT2D eigenvalue weighted by molar-refractivity contribution is 8.22. The number of thioether (sulfide) groups is 1. The fraction of sp³-hybridized carbons (Fsp3) is 0.950. The van der Waals surface area contributed by atoms with E-state index in [1.165, 1.54) is 51.4 Å². The van der Waals surface area contributed by atoms with Crippen LogP contribution in [-0.2, 0) is 0 Å². The summed E-state index contributed by atoms with van der Waals surface area (Å²) in [4.78, 5) is 2.45. The number of nitrogens with zero attached hydrogens (tertiary/aromatic N) is 1. The predicted molar refractivity (Wildman–Crippen MR) is 115 cm³/mol. The summed E-state index contributed by atoms with van der Waals surface area (Å²) in [5.74, 6) is 2.17. The summed E-state index contributed by atoms with van der Waals surface area (Å²) >= 11 is 7.38. The zero-order valence-electron chi connectivity index (χ0n) is 16.7. The zero-order valence-corrected chi connectivity index (χ0v) is 18.4. The van der Waals surface area contributed by atoms with Crippen LogP contribution in [0.25, 0.3) is 0 Å². The molecule has 144 valence electrons. The van der Waals surface area contributed by atoms with Gasteiger partial charge in [0.1, 0.15) is 4.32 Å². The minimum atomic E-state index is -0.293. The van der Waals surface area contributed by atoms with Crippen LogP contribution < -0.4 is 0 Å². The van der Waals surface area contributed by atoms with Crippen LogP contribution in [0.5, 0.6) is 0 Å². The molecule has 0 saturated heterocycles. The second kappa shape index (κ2) is 15.5. The fourth-order valence-corrected chi connectivity index (χ4v) is 4.03. The molecule has 0 rings (SSSR count). The Hall–Kier alpha value is 0.200. The number of unbranched alkanes of at least 4 members (excludes halogenated alkanes) is 2. The number of rotatable bonds is 14. The van der Waals surface area contributed by atoms with Crippen molar-refractivity contribution in [2.24, 2.45) is 11.8 Å². The minimum Gasteiger partial charge on any atom is -0.393 e. The number of aliphatic hydroxyl groups excluding tert-OH is 1. The minimum absolute atomic E-state index is 0.293. The highest BCUT2D eigenvalue weighted by Crippen LogP contribution is 2.22. The van der Waals surface area contributed by atoms with E-state index in [0.29, 0.717) is 5.75 Å². The maximum Gasteiger partial charge on any atom is 0.136 e. The van der Waals surface area contributed by atoms with Crippen LogP contribution in [0.2, 0.25) is 0 Å². The first-order chi connectivity index (χ1) is 11.5. The smallest absolute Gasteiger partial charge is 0.136 e. The quantitative estimate of drug-likeness (QED) is 0.369. The third-order valence-electron chi connectivity index (χ3n) is 4.75. The molecule has 3 unspecified atom stereocenters. The zero-order chi connectivity index (χ0) is 18.4. The van der Waals surface area contributed by atoms with Crippen LogP contribution in [0.1, 0.15) is 86.0 Å². The molecule has 0 aromatic rings. The van der Waals surface area contributed by atoms with Gasteiger partial charge in [-0.2, -0.15) is 0 Å². The van der Waals surface area contributed by atoms with Gasteiger partial charge in [0.15, 0.2) is 0 Å². The van der Waals surface area contributed by atoms with Gasteiger partial charge in [0.05, 0.1) is 6.10 Å². The van der Waals surface area contributed by atoms with Gasteiger partial charge in [-0.25, -0.2) is 0 Å². The van der Waals surface area contributed by atoms with Gasteiger partial charge in [-0.3, -0.25) is 0 Å². The van der Waals surface area contributed by atoms with E-state index in [1.807, 2.05) is 6.92 Å². The lowest BCUT2D eigenvalue weighted by Gasteiger charge is -2.32. The van der Waals surface area contributed by atoms with Gasteiger partial charge in [-0.15, -0.1) is 0 Å². The number of hydrogen-bond acceptors (Lipinski definition) is 3. The van der Waals surface area contributed by atoms with Crippen LogP contribution in [0.4, 0.5) is 0 Å². The Balaban J connectivity index is 4.80. The first kappa shape index (κ1) is 24.2. The lowest BCUT2D eigenvalue weighted by atomic mass is 9.96. The molecule has 3 atom stereocenters. The molecular formula is C20H41NOS2. The van der Waals surface area contributed by atoms with E-state index < -0.39 is 0 Å². The summed E-state index contributed by atoms with van der Waals surface area (Å²) in [5, 5.41) is 9.57. The van der Waals surface area contributed by atoms with Crippen molar-refractivity contribution in [3.05, 3.63) is 0 Å². The molecule has 0 heterocycles. The van der Waals surface area contributed by atoms with Gasteiger partial charge >= 0.3 is 0 Å². The van der Waals surface area contributed by atoms with E-state index in [2.05, 4.69) is 32.6 Å². The Morgan fingerprint density at radius 2 is 1.42 bits per heavy atom. The molecular weight excluding hydrogens is 334 g/mol. The largest absolute Gasteiger partial charge is 0.393 e. The lowest BCUT2D eigenvalue weighted by molar-refractivity contribution is 0.220. The molecule has 24 heavy (non-hydrogen) atoms. The topological polar surface area (TPSA) is 23.5 Å². The van der Waals surface area contributed by atoms with E-state index in [1.54, 1.807) is 11.8 Å². The molecule has 0 spiro atoms. The van der Waals surface area contributed by atoms with Gasteiger partial charge < -0.3 is 10.0 Å². The van der Waals surface area contributed by atoms with Crippen LogP contribution in [0, 0.1) is 11.8 Å². The van der Waals surface area contributed by atoms with E-state index in [4.69, 9.17) is 12.2 Å². The normalized spacial score (nSPS) is 15.1. The average Bonchev–Trinajstić information content (AvgIpc) is 2.58. The van der Waals surface area contributed by atoms with Crippen molar-refractivity contribution < 1.29 is 5.11 Å². The van der Waals surface area contributed by atoms with Crippen molar-refractivity contribution in [1.82, 2.24) is 4.90 Å². The Morgan fingerprint density at radius 1 is 0.958 bits per heavy atom. The monoisotopic (exact) mass is 375 g/mol. The summed E-state index contributed by atoms with van der Waals surface area (Å²) in [5.41, 5.74) is 0. The number of hydrogen-bond donors (Lipinski definition) is 1. The molecule has 0 fully saturated rings. The lowest BCUT2D eigenvalue weighted by Crippen LogP contribution is -2.37. The van der Waals surface area contributed by atoms with Crippen LogP contribution in [0.3, 0.4) is 0 Å². The second-order valence-electron chi connectivity index (χ2n) is 7.16. The molecule has 0 aliphatic heterocycles. The first-order valence-corrected chi connectivity index (χ1v) is 11.5. The fourth-order valence-electron chi connectivity index (χ4n) is 2.96. The van der Waals surface area contributed by atoms with Gasteiger partial charge in [0.25, 0.3) is 0 Å². The molecule has 2 nitrogen and oxygen atoms in total. The standard InChI is InChI=1S/C20H41NOS2/c1-6-10-12-18(8-3)14-21(20(23)24-16-17(5)22)15-19(9-4)13-11-7-2/h17-19,22H,6-16H2,1-5H3. The summed E-state index contributed by atoms with van der Waals surface area (Å²) in [6.45, 7) is 13.2. The van der Waals surface area contributed by atoms with Gasteiger partial charge in [-0.05, 0) is 31.6 Å². The molecule has 4 heteroatoms. The molecule has 0 aliphatic carbocycles. The van der Waals surface area contributed by atoms with Crippen molar-refractivity contribution >= 4 is 28.3 Å². The van der Waals surface area contributed by atoms with Crippen molar-refractivity contribution in [3.63, 3.8) is 0 Å². The third kappa shape index (κ3) is 11.7. The van der Waals surface area contributed by atoms with Crippen LogP contribution >= 0.6 is 24.0 Å². The van der Waals surface area contributed by atoms with E-state index in [-0.39, 0.29) is 6.10 Å². The maximum atomic E-state index is 9.57. The second-order valence-corrected chi connectivity index (χ2v) is 8.82. The number of aliphatic hydroxyl groups is 1. The molecule has 1 N–H and O–H groups in total. The molecule has 0 aliphatic rings. The van der Waals surface area contributed by atoms with Gasteiger partial charge in [0.2, 0.25) is 0 Å². The highest BCUT2D eigenvalue weighted by atomic mass is 32.2. The third-order valence-corrected chi connectivity index (χ3v) is 6.52. The molecule has 0 amide bonds. The van der Waals surface area contributed by atoms with E-state index in [9.17, 15) is 5.11 Å². The molecule has 0 bridgehead atoms. The van der Waals surface area contributed by atoms with Crippen molar-refractivity contribution in [2.45, 2.75) is 92.1 Å². The predicted octanol–water partition coefficient (Wildman–Crippen LogP) is 6.12. The van der Waals surface area contributed by atoms with Crippen molar-refractivity contribution in [1.29, 1.82) is 0 Å². The molecule has 0 saturated carbocycles. The SMILES string of the molecule is CCCCC(CC)CN(CC(CC)CCCC)C(=S)SCC(C)O. The van der Waals surface area contributed by atoms with E-state index in [0.717, 1.165) is 29.2 Å². The van der Waals surface area contributed by atoms with Gasteiger partial charge in [-0.1, -0.05) is 90.2 Å². The Kier molecular flexibility index (Phi) is 15.6. The van der Waals surface area contributed by atoms with E-state index >= 15 is 0 Å². The average molecular weight is 376 g/mol. The Labute approximate surface area is 161 Å². The molecule has 0 aromatic carbocycles. The molecule has 0 radical (unpaired) electrons. The summed E-state index contributed by atoms with van der Waals surface area (Å²) < 4.78 is 0.987. The first-order valence-electron chi connectivity index (χ1n) is 10.1. The summed E-state index contributed by atoms with van der Waals surface area (Å²) in [6, 6.07) is 0. The number of thiocarbonyl (C=S) groups is 1. The Morgan fingerprint density at radius 3 is 1.75 bits per heavy atom. The Bertz CT molecular complexity index is 292. The van der Waals surface area contributed by atoms with Crippen molar-refractivity contribution in [3.8, 4) is 0 Å². The van der Waals surface area contributed by atoms with Gasteiger partial charge in [0, 0.05) is 18.8 Å². The maximum absolute atomic E-state index is 9.57. The summed E-state index contributed by atoms with van der Waals surface area (Å²) in [6.07, 6.45) is 9.94.